The average Bonchev–Trinajstić information content (AvgIpc) is 3.17. The molecule has 0 heterocycles. The Bertz CT molecular complexity index is 946. The summed E-state index contributed by atoms with van der Waals surface area (Å²) in [6.45, 7) is 4.02. The number of rotatable bonds is 41. The van der Waals surface area contributed by atoms with Crippen LogP contribution < -0.4 is 0 Å². The SMILES string of the molecule is CC/C=C\C/C=C\C/C=C\CCCCCCCCCC(=O)OC(CO)COC(=O)CCCCCCCCCCCCC/C=C\C/C=C\CCCCCCC. The van der Waals surface area contributed by atoms with E-state index in [1.165, 1.54) is 122 Å². The summed E-state index contributed by atoms with van der Waals surface area (Å²) in [6, 6.07) is 0. The van der Waals surface area contributed by atoms with Gasteiger partial charge in [-0.25, -0.2) is 0 Å². The number of ether oxygens (including phenoxy) is 2. The fraction of sp³-hybridized carbons (Fsp3) is 0.755. The van der Waals surface area contributed by atoms with Crippen molar-refractivity contribution in [1.82, 2.24) is 0 Å². The monoisotopic (exact) mass is 755 g/mol. The van der Waals surface area contributed by atoms with Gasteiger partial charge >= 0.3 is 11.9 Å². The predicted molar refractivity (Wildman–Crippen MR) is 233 cm³/mol. The number of allylic oxidation sites excluding steroid dienone is 10. The summed E-state index contributed by atoms with van der Waals surface area (Å²) in [7, 11) is 0. The number of hydrogen-bond acceptors (Lipinski definition) is 5. The third-order valence-corrected chi connectivity index (χ3v) is 9.80. The quantitative estimate of drug-likeness (QED) is 0.0382. The van der Waals surface area contributed by atoms with E-state index in [-0.39, 0.29) is 25.2 Å². The lowest BCUT2D eigenvalue weighted by Gasteiger charge is -2.15. The van der Waals surface area contributed by atoms with E-state index >= 15 is 0 Å². The maximum Gasteiger partial charge on any atom is 0.306 e. The van der Waals surface area contributed by atoms with Crippen LogP contribution in [-0.2, 0) is 19.1 Å². The molecule has 0 aliphatic heterocycles. The van der Waals surface area contributed by atoms with Crippen LogP contribution >= 0.6 is 0 Å². The van der Waals surface area contributed by atoms with E-state index < -0.39 is 6.10 Å². The number of unbranched alkanes of at least 4 members (excludes halogenated alkanes) is 23. The molecule has 1 unspecified atom stereocenters. The van der Waals surface area contributed by atoms with Crippen molar-refractivity contribution in [3.63, 3.8) is 0 Å². The van der Waals surface area contributed by atoms with Crippen LogP contribution in [0.1, 0.15) is 219 Å². The highest BCUT2D eigenvalue weighted by molar-refractivity contribution is 5.70. The van der Waals surface area contributed by atoms with Gasteiger partial charge in [-0.15, -0.1) is 0 Å². The molecule has 0 bridgehead atoms. The Morgan fingerprint density at radius 2 is 0.796 bits per heavy atom. The molecule has 5 nitrogen and oxygen atoms in total. The molecule has 312 valence electrons. The van der Waals surface area contributed by atoms with Gasteiger partial charge in [-0.1, -0.05) is 190 Å². The summed E-state index contributed by atoms with van der Waals surface area (Å²) in [5, 5.41) is 9.59. The van der Waals surface area contributed by atoms with Gasteiger partial charge in [0.15, 0.2) is 6.10 Å². The molecule has 0 aromatic rings. The van der Waals surface area contributed by atoms with E-state index in [0.717, 1.165) is 70.6 Å². The molecule has 0 fully saturated rings. The van der Waals surface area contributed by atoms with Crippen LogP contribution in [0.25, 0.3) is 0 Å². The van der Waals surface area contributed by atoms with Crippen LogP contribution in [-0.4, -0.2) is 36.4 Å². The van der Waals surface area contributed by atoms with Crippen molar-refractivity contribution in [2.45, 2.75) is 225 Å². The first-order chi connectivity index (χ1) is 26.6. The van der Waals surface area contributed by atoms with Gasteiger partial charge in [-0.3, -0.25) is 9.59 Å². The van der Waals surface area contributed by atoms with E-state index in [9.17, 15) is 14.7 Å². The van der Waals surface area contributed by atoms with Crippen LogP contribution in [0, 0.1) is 0 Å². The van der Waals surface area contributed by atoms with Crippen LogP contribution in [0.2, 0.25) is 0 Å². The lowest BCUT2D eigenvalue weighted by molar-refractivity contribution is -0.161. The molecule has 0 amide bonds. The first-order valence-corrected chi connectivity index (χ1v) is 22.8. The molecule has 5 heteroatoms. The van der Waals surface area contributed by atoms with Gasteiger partial charge < -0.3 is 14.6 Å². The van der Waals surface area contributed by atoms with Gasteiger partial charge in [0.2, 0.25) is 0 Å². The van der Waals surface area contributed by atoms with Gasteiger partial charge in [0.05, 0.1) is 6.61 Å². The van der Waals surface area contributed by atoms with Crippen molar-refractivity contribution in [3.8, 4) is 0 Å². The molecule has 0 aliphatic carbocycles. The zero-order chi connectivity index (χ0) is 39.3. The number of aliphatic hydroxyl groups excluding tert-OH is 1. The Morgan fingerprint density at radius 3 is 1.20 bits per heavy atom. The van der Waals surface area contributed by atoms with Crippen LogP contribution in [0.15, 0.2) is 60.8 Å². The fourth-order valence-electron chi connectivity index (χ4n) is 6.36. The fourth-order valence-corrected chi connectivity index (χ4v) is 6.36. The van der Waals surface area contributed by atoms with Crippen molar-refractivity contribution in [2.75, 3.05) is 13.2 Å². The first-order valence-electron chi connectivity index (χ1n) is 22.8. The number of esters is 2. The number of aliphatic hydroxyl groups is 1. The first kappa shape index (κ1) is 51.6. The normalized spacial score (nSPS) is 12.7. The highest BCUT2D eigenvalue weighted by atomic mass is 16.6. The molecule has 54 heavy (non-hydrogen) atoms. The van der Waals surface area contributed by atoms with Gasteiger partial charge in [0.1, 0.15) is 6.61 Å². The van der Waals surface area contributed by atoms with Crippen molar-refractivity contribution < 1.29 is 24.2 Å². The maximum absolute atomic E-state index is 12.2. The standard InChI is InChI=1S/C49H86O5/c1-3-5-7-9-11-13-15-17-19-21-22-23-24-25-26-28-29-31-33-35-37-39-41-43-48(51)53-46-47(45-50)54-49(52)44-42-40-38-36-34-32-30-27-20-18-16-14-12-10-8-6-4-2/h6,8,12,14-15,17-18,20-22,47,50H,3-5,7,9-11,13,16,19,23-46H2,1-2H3/b8-6-,14-12-,17-15-,20-18-,22-21-. The molecular formula is C49H86O5. The molecule has 0 aliphatic rings. The van der Waals surface area contributed by atoms with Crippen molar-refractivity contribution in [2.24, 2.45) is 0 Å². The molecular weight excluding hydrogens is 669 g/mol. The Balaban J connectivity index is 3.53. The van der Waals surface area contributed by atoms with Crippen molar-refractivity contribution in [1.29, 1.82) is 0 Å². The minimum atomic E-state index is -0.779. The molecule has 0 spiro atoms. The van der Waals surface area contributed by atoms with Gasteiger partial charge in [-0.05, 0) is 77.0 Å². The Kier molecular flexibility index (Phi) is 43.0. The smallest absolute Gasteiger partial charge is 0.306 e. The summed E-state index contributed by atoms with van der Waals surface area (Å²) < 4.78 is 10.6. The molecule has 0 aromatic carbocycles. The third-order valence-electron chi connectivity index (χ3n) is 9.80. The van der Waals surface area contributed by atoms with E-state index in [1.54, 1.807) is 0 Å². The second-order valence-corrected chi connectivity index (χ2v) is 15.1. The van der Waals surface area contributed by atoms with E-state index in [1.807, 2.05) is 0 Å². The molecule has 0 saturated heterocycles. The molecule has 0 saturated carbocycles. The van der Waals surface area contributed by atoms with Gasteiger partial charge in [0.25, 0.3) is 0 Å². The van der Waals surface area contributed by atoms with Crippen LogP contribution in [0.4, 0.5) is 0 Å². The lowest BCUT2D eigenvalue weighted by atomic mass is 10.0. The Morgan fingerprint density at radius 1 is 0.444 bits per heavy atom. The minimum absolute atomic E-state index is 0.0722. The Labute approximate surface area is 334 Å². The summed E-state index contributed by atoms with van der Waals surface area (Å²) in [5.74, 6) is -0.603. The van der Waals surface area contributed by atoms with Crippen LogP contribution in [0.3, 0.4) is 0 Å². The second-order valence-electron chi connectivity index (χ2n) is 15.1. The second kappa shape index (κ2) is 45.0. The summed E-state index contributed by atoms with van der Waals surface area (Å²) in [5.41, 5.74) is 0. The van der Waals surface area contributed by atoms with E-state index in [2.05, 4.69) is 74.6 Å². The van der Waals surface area contributed by atoms with Gasteiger partial charge in [-0.2, -0.15) is 0 Å². The molecule has 0 radical (unpaired) electrons. The number of carbonyl (C=O) groups excluding carboxylic acids is 2. The van der Waals surface area contributed by atoms with Crippen molar-refractivity contribution >= 4 is 11.9 Å². The predicted octanol–water partition coefficient (Wildman–Crippen LogP) is 14.7. The molecule has 1 N–H and O–H groups in total. The molecule has 0 rings (SSSR count). The van der Waals surface area contributed by atoms with Crippen LogP contribution in [0.5, 0.6) is 0 Å². The number of hydrogen-bond donors (Lipinski definition) is 1. The highest BCUT2D eigenvalue weighted by Crippen LogP contribution is 2.14. The summed E-state index contributed by atoms with van der Waals surface area (Å²) in [6.07, 6.45) is 58.7. The maximum atomic E-state index is 12.2. The zero-order valence-corrected chi connectivity index (χ0v) is 35.5. The Hall–Kier alpha value is -2.40. The lowest BCUT2D eigenvalue weighted by Crippen LogP contribution is -2.28. The minimum Gasteiger partial charge on any atom is -0.462 e. The van der Waals surface area contributed by atoms with Gasteiger partial charge in [0, 0.05) is 12.8 Å². The molecule has 1 atom stereocenters. The highest BCUT2D eigenvalue weighted by Gasteiger charge is 2.16. The average molecular weight is 755 g/mol. The largest absolute Gasteiger partial charge is 0.462 e. The van der Waals surface area contributed by atoms with E-state index in [0.29, 0.717) is 12.8 Å². The van der Waals surface area contributed by atoms with E-state index in [4.69, 9.17) is 9.47 Å². The summed E-state index contributed by atoms with van der Waals surface area (Å²) >= 11 is 0. The van der Waals surface area contributed by atoms with Crippen molar-refractivity contribution in [3.05, 3.63) is 60.8 Å². The third kappa shape index (κ3) is 42.3. The topological polar surface area (TPSA) is 72.8 Å². The summed E-state index contributed by atoms with van der Waals surface area (Å²) in [4.78, 5) is 24.4. The zero-order valence-electron chi connectivity index (χ0n) is 35.5. The number of carbonyl (C=O) groups is 2. The molecule has 0 aromatic heterocycles.